The zero-order valence-corrected chi connectivity index (χ0v) is 11.9. The first-order chi connectivity index (χ1) is 9.20. The summed E-state index contributed by atoms with van der Waals surface area (Å²) in [6.45, 7) is 1.37. The van der Waals surface area contributed by atoms with Gasteiger partial charge in [-0.25, -0.2) is 4.98 Å². The molecular formula is C14H17ClN4. The molecule has 0 amide bonds. The molecule has 2 heterocycles. The van der Waals surface area contributed by atoms with E-state index in [2.05, 4.69) is 20.2 Å². The number of halogens is 1. The summed E-state index contributed by atoms with van der Waals surface area (Å²) in [6, 6.07) is 9.70. The van der Waals surface area contributed by atoms with E-state index in [1.165, 1.54) is 0 Å². The van der Waals surface area contributed by atoms with Crippen LogP contribution in [0.2, 0.25) is 5.02 Å². The summed E-state index contributed by atoms with van der Waals surface area (Å²) in [5.74, 6) is 0.889. The van der Waals surface area contributed by atoms with E-state index in [1.807, 2.05) is 44.4 Å². The molecule has 4 nitrogen and oxygen atoms in total. The summed E-state index contributed by atoms with van der Waals surface area (Å²) in [5.41, 5.74) is 1.87. The topological polar surface area (TPSA) is 41.1 Å². The molecule has 5 heteroatoms. The average Bonchev–Trinajstić information content (AvgIpc) is 2.42. The summed E-state index contributed by atoms with van der Waals surface area (Å²) < 4.78 is 0. The largest absolute Gasteiger partial charge is 0.354 e. The highest BCUT2D eigenvalue weighted by atomic mass is 35.5. The predicted molar refractivity (Wildman–Crippen MR) is 78.4 cm³/mol. The second-order valence-electron chi connectivity index (χ2n) is 4.31. The van der Waals surface area contributed by atoms with Crippen LogP contribution in [-0.2, 0) is 13.1 Å². The number of hydrogen-bond donors (Lipinski definition) is 1. The molecule has 2 rings (SSSR count). The molecule has 0 atom stereocenters. The number of aromatic nitrogens is 2. The molecule has 0 aromatic carbocycles. The molecule has 19 heavy (non-hydrogen) atoms. The number of nitrogens with one attached hydrogen (secondary N) is 1. The molecular weight excluding hydrogens is 260 g/mol. The van der Waals surface area contributed by atoms with Crippen LogP contribution in [0, 0.1) is 0 Å². The maximum Gasteiger partial charge on any atom is 0.129 e. The SMILES string of the molecule is CNCc1nc(N(C)Cc2ccccn2)ccc1Cl. The molecule has 0 saturated carbocycles. The van der Waals surface area contributed by atoms with E-state index < -0.39 is 0 Å². The van der Waals surface area contributed by atoms with Gasteiger partial charge in [-0.3, -0.25) is 4.98 Å². The van der Waals surface area contributed by atoms with Crippen LogP contribution in [0.25, 0.3) is 0 Å². The van der Waals surface area contributed by atoms with Gasteiger partial charge in [-0.15, -0.1) is 0 Å². The van der Waals surface area contributed by atoms with Crippen molar-refractivity contribution in [2.45, 2.75) is 13.1 Å². The van der Waals surface area contributed by atoms with Crippen molar-refractivity contribution in [2.24, 2.45) is 0 Å². The molecule has 0 fully saturated rings. The van der Waals surface area contributed by atoms with E-state index in [0.29, 0.717) is 18.1 Å². The van der Waals surface area contributed by atoms with Crippen LogP contribution in [0.3, 0.4) is 0 Å². The second kappa shape index (κ2) is 6.50. The van der Waals surface area contributed by atoms with Gasteiger partial charge in [0.1, 0.15) is 5.82 Å². The monoisotopic (exact) mass is 276 g/mol. The molecule has 2 aromatic rings. The van der Waals surface area contributed by atoms with Gasteiger partial charge in [-0.05, 0) is 31.3 Å². The van der Waals surface area contributed by atoms with Crippen LogP contribution in [0.1, 0.15) is 11.4 Å². The van der Waals surface area contributed by atoms with Crippen molar-refractivity contribution in [3.8, 4) is 0 Å². The van der Waals surface area contributed by atoms with Crippen LogP contribution in [0.15, 0.2) is 36.5 Å². The highest BCUT2D eigenvalue weighted by Gasteiger charge is 2.08. The first-order valence-corrected chi connectivity index (χ1v) is 6.49. The minimum atomic E-state index is 0.657. The summed E-state index contributed by atoms with van der Waals surface area (Å²) in [7, 11) is 3.87. The number of rotatable bonds is 5. The third-order valence-corrected chi connectivity index (χ3v) is 3.11. The van der Waals surface area contributed by atoms with Crippen molar-refractivity contribution in [1.82, 2.24) is 15.3 Å². The summed E-state index contributed by atoms with van der Waals surface area (Å²) in [4.78, 5) is 10.9. The van der Waals surface area contributed by atoms with Crippen molar-refractivity contribution >= 4 is 17.4 Å². The van der Waals surface area contributed by atoms with Gasteiger partial charge >= 0.3 is 0 Å². The molecule has 0 unspecified atom stereocenters. The van der Waals surface area contributed by atoms with E-state index in [1.54, 1.807) is 6.20 Å². The Morgan fingerprint density at radius 3 is 2.79 bits per heavy atom. The fourth-order valence-electron chi connectivity index (χ4n) is 1.79. The third kappa shape index (κ3) is 3.66. The Kier molecular flexibility index (Phi) is 4.71. The van der Waals surface area contributed by atoms with Crippen molar-refractivity contribution in [2.75, 3.05) is 19.0 Å². The Bertz CT molecular complexity index is 530. The van der Waals surface area contributed by atoms with Gasteiger partial charge in [-0.2, -0.15) is 0 Å². The molecule has 0 radical (unpaired) electrons. The quantitative estimate of drug-likeness (QED) is 0.911. The van der Waals surface area contributed by atoms with E-state index >= 15 is 0 Å². The lowest BCUT2D eigenvalue weighted by Crippen LogP contribution is -2.19. The normalized spacial score (nSPS) is 10.5. The Hall–Kier alpha value is -1.65. The van der Waals surface area contributed by atoms with Gasteiger partial charge in [0.2, 0.25) is 0 Å². The zero-order chi connectivity index (χ0) is 13.7. The number of nitrogens with zero attached hydrogens (tertiary/aromatic N) is 3. The van der Waals surface area contributed by atoms with E-state index in [0.717, 1.165) is 17.2 Å². The van der Waals surface area contributed by atoms with E-state index in [4.69, 9.17) is 11.6 Å². The molecule has 0 spiro atoms. The molecule has 1 N–H and O–H groups in total. The van der Waals surface area contributed by atoms with E-state index in [-0.39, 0.29) is 0 Å². The smallest absolute Gasteiger partial charge is 0.129 e. The second-order valence-corrected chi connectivity index (χ2v) is 4.71. The summed E-state index contributed by atoms with van der Waals surface area (Å²) in [5, 5.41) is 3.75. The van der Waals surface area contributed by atoms with Gasteiger partial charge in [0.05, 0.1) is 23.0 Å². The standard InChI is InChI=1S/C14H17ClN4/c1-16-9-13-12(15)6-7-14(18-13)19(2)10-11-5-3-4-8-17-11/h3-8,16H,9-10H2,1-2H3. The molecule has 0 bridgehead atoms. The van der Waals surface area contributed by atoms with E-state index in [9.17, 15) is 0 Å². The Balaban J connectivity index is 2.15. The van der Waals surface area contributed by atoms with Crippen molar-refractivity contribution in [1.29, 1.82) is 0 Å². The van der Waals surface area contributed by atoms with Gasteiger partial charge < -0.3 is 10.2 Å². The molecule has 0 aliphatic heterocycles. The van der Waals surface area contributed by atoms with Crippen LogP contribution in [-0.4, -0.2) is 24.1 Å². The lowest BCUT2D eigenvalue weighted by atomic mass is 10.3. The van der Waals surface area contributed by atoms with Crippen LogP contribution in [0.5, 0.6) is 0 Å². The Morgan fingerprint density at radius 1 is 1.26 bits per heavy atom. The van der Waals surface area contributed by atoms with Gasteiger partial charge in [0.25, 0.3) is 0 Å². The molecule has 0 aliphatic carbocycles. The maximum atomic E-state index is 6.11. The lowest BCUT2D eigenvalue weighted by Gasteiger charge is -2.18. The summed E-state index contributed by atoms with van der Waals surface area (Å²) in [6.07, 6.45) is 1.80. The van der Waals surface area contributed by atoms with Crippen molar-refractivity contribution in [3.63, 3.8) is 0 Å². The molecule has 2 aromatic heterocycles. The molecule has 0 aliphatic rings. The number of hydrogen-bond acceptors (Lipinski definition) is 4. The highest BCUT2D eigenvalue weighted by Crippen LogP contribution is 2.19. The van der Waals surface area contributed by atoms with Crippen molar-refractivity contribution in [3.05, 3.63) is 52.9 Å². The van der Waals surface area contributed by atoms with Crippen LogP contribution >= 0.6 is 11.6 Å². The Morgan fingerprint density at radius 2 is 2.11 bits per heavy atom. The highest BCUT2D eigenvalue weighted by molar-refractivity contribution is 6.31. The maximum absolute atomic E-state index is 6.11. The minimum absolute atomic E-state index is 0.657. The Labute approximate surface area is 118 Å². The van der Waals surface area contributed by atoms with Gasteiger partial charge in [0, 0.05) is 19.8 Å². The van der Waals surface area contributed by atoms with Gasteiger partial charge in [0.15, 0.2) is 0 Å². The minimum Gasteiger partial charge on any atom is -0.354 e. The zero-order valence-electron chi connectivity index (χ0n) is 11.1. The van der Waals surface area contributed by atoms with Crippen LogP contribution in [0.4, 0.5) is 5.82 Å². The predicted octanol–water partition coefficient (Wildman–Crippen LogP) is 2.49. The van der Waals surface area contributed by atoms with Crippen molar-refractivity contribution < 1.29 is 0 Å². The average molecular weight is 277 g/mol. The fraction of sp³-hybridized carbons (Fsp3) is 0.286. The van der Waals surface area contributed by atoms with Gasteiger partial charge in [-0.1, -0.05) is 17.7 Å². The first kappa shape index (κ1) is 13.8. The number of pyridine rings is 2. The lowest BCUT2D eigenvalue weighted by molar-refractivity contribution is 0.781. The molecule has 100 valence electrons. The summed E-state index contributed by atoms with van der Waals surface area (Å²) >= 11 is 6.11. The fourth-order valence-corrected chi connectivity index (χ4v) is 1.96. The molecule has 0 saturated heterocycles. The van der Waals surface area contributed by atoms with Crippen LogP contribution < -0.4 is 10.2 Å². The third-order valence-electron chi connectivity index (χ3n) is 2.76. The number of anilines is 1. The first-order valence-electron chi connectivity index (χ1n) is 6.12.